The summed E-state index contributed by atoms with van der Waals surface area (Å²) in [6, 6.07) is 5.72. The maximum atomic E-state index is 12.4. The van der Waals surface area contributed by atoms with E-state index in [4.69, 9.17) is 15.0 Å². The molecule has 1 atom stereocenters. The normalized spacial score (nSPS) is 15.3. The number of amides is 1. The van der Waals surface area contributed by atoms with Gasteiger partial charge >= 0.3 is 0 Å². The fourth-order valence-electron chi connectivity index (χ4n) is 2.74. The van der Waals surface area contributed by atoms with Crippen molar-refractivity contribution in [2.45, 2.75) is 39.8 Å². The third-order valence-electron chi connectivity index (χ3n) is 4.29. The van der Waals surface area contributed by atoms with E-state index in [1.165, 1.54) is 0 Å². The van der Waals surface area contributed by atoms with Gasteiger partial charge in [-0.2, -0.15) is 0 Å². The number of aromatic nitrogens is 1. The first kappa shape index (κ1) is 15.6. The van der Waals surface area contributed by atoms with Gasteiger partial charge in [-0.05, 0) is 38.0 Å². The fraction of sp³-hybridized carbons (Fsp3) is 0.412. The van der Waals surface area contributed by atoms with E-state index < -0.39 is 0 Å². The van der Waals surface area contributed by atoms with Crippen LogP contribution in [0.5, 0.6) is 5.75 Å². The minimum atomic E-state index is -0.0836. The second-order valence-electron chi connectivity index (χ2n) is 5.81. The van der Waals surface area contributed by atoms with Crippen LogP contribution in [0.15, 0.2) is 22.7 Å². The monoisotopic (exact) mass is 315 g/mol. The van der Waals surface area contributed by atoms with Gasteiger partial charge in [0.15, 0.2) is 6.61 Å². The van der Waals surface area contributed by atoms with Gasteiger partial charge in [0.1, 0.15) is 11.5 Å². The zero-order valence-electron chi connectivity index (χ0n) is 13.6. The molecule has 1 aromatic carbocycles. The molecule has 2 aromatic rings. The van der Waals surface area contributed by atoms with Crippen LogP contribution in [0.4, 0.5) is 5.69 Å². The maximum Gasteiger partial charge on any atom is 0.265 e. The molecule has 0 saturated carbocycles. The lowest BCUT2D eigenvalue weighted by atomic mass is 10.0. The van der Waals surface area contributed by atoms with Gasteiger partial charge in [-0.15, -0.1) is 0 Å². The molecule has 1 unspecified atom stereocenters. The maximum absolute atomic E-state index is 12.4. The minimum Gasteiger partial charge on any atom is -0.482 e. The van der Waals surface area contributed by atoms with Crippen LogP contribution < -0.4 is 15.4 Å². The van der Waals surface area contributed by atoms with Gasteiger partial charge in [0.2, 0.25) is 0 Å². The van der Waals surface area contributed by atoms with Gasteiger partial charge in [0, 0.05) is 11.6 Å². The quantitative estimate of drug-likeness (QED) is 0.938. The summed E-state index contributed by atoms with van der Waals surface area (Å²) in [7, 11) is 0. The zero-order chi connectivity index (χ0) is 16.6. The van der Waals surface area contributed by atoms with Crippen LogP contribution in [0.3, 0.4) is 0 Å². The number of carbonyl (C=O) groups is 1. The highest BCUT2D eigenvalue weighted by Gasteiger charge is 2.28. The Kier molecular flexibility index (Phi) is 4.09. The molecule has 2 N–H and O–H groups in total. The molecule has 1 aliphatic heterocycles. The molecule has 0 spiro atoms. The first-order chi connectivity index (χ1) is 11.0. The number of rotatable bonds is 4. The van der Waals surface area contributed by atoms with Crippen molar-refractivity contribution in [2.24, 2.45) is 5.73 Å². The minimum absolute atomic E-state index is 0.0373. The van der Waals surface area contributed by atoms with Crippen molar-refractivity contribution in [2.75, 3.05) is 11.5 Å². The Bertz CT molecular complexity index is 719. The summed E-state index contributed by atoms with van der Waals surface area (Å²) in [5.74, 6) is 1.34. The van der Waals surface area contributed by atoms with E-state index in [2.05, 4.69) is 5.16 Å². The summed E-state index contributed by atoms with van der Waals surface area (Å²) in [4.78, 5) is 14.1. The predicted molar refractivity (Wildman–Crippen MR) is 86.3 cm³/mol. The number of nitrogens with zero attached hydrogens (tertiary/aromatic N) is 2. The number of hydrogen-bond acceptors (Lipinski definition) is 5. The molecular weight excluding hydrogens is 294 g/mol. The third-order valence-corrected chi connectivity index (χ3v) is 4.29. The Hall–Kier alpha value is -2.34. The van der Waals surface area contributed by atoms with Crippen LogP contribution in [0.1, 0.15) is 42.0 Å². The van der Waals surface area contributed by atoms with Crippen molar-refractivity contribution in [1.29, 1.82) is 0 Å². The lowest BCUT2D eigenvalue weighted by Crippen LogP contribution is -2.38. The van der Waals surface area contributed by atoms with E-state index in [-0.39, 0.29) is 18.6 Å². The number of hydrogen-bond donors (Lipinski definition) is 1. The van der Waals surface area contributed by atoms with Gasteiger partial charge in [0.25, 0.3) is 5.91 Å². The topological polar surface area (TPSA) is 81.6 Å². The van der Waals surface area contributed by atoms with Crippen molar-refractivity contribution in [3.63, 3.8) is 0 Å². The van der Waals surface area contributed by atoms with Crippen molar-refractivity contribution in [3.05, 3.63) is 40.8 Å². The molecule has 1 aliphatic rings. The van der Waals surface area contributed by atoms with Crippen molar-refractivity contribution in [3.8, 4) is 5.75 Å². The molecule has 0 aliphatic carbocycles. The van der Waals surface area contributed by atoms with Gasteiger partial charge in [-0.1, -0.05) is 18.1 Å². The lowest BCUT2D eigenvalue weighted by Gasteiger charge is -2.30. The first-order valence-electron chi connectivity index (χ1n) is 7.75. The molecular formula is C17H21N3O3. The highest BCUT2D eigenvalue weighted by molar-refractivity contribution is 5.97. The molecule has 0 fully saturated rings. The molecule has 0 bridgehead atoms. The number of benzene rings is 1. The van der Waals surface area contributed by atoms with Crippen LogP contribution >= 0.6 is 0 Å². The molecule has 1 amide bonds. The largest absolute Gasteiger partial charge is 0.482 e. The lowest BCUT2D eigenvalue weighted by molar-refractivity contribution is -0.121. The molecule has 1 aromatic heterocycles. The van der Waals surface area contributed by atoms with Crippen LogP contribution in [0.25, 0.3) is 0 Å². The summed E-state index contributed by atoms with van der Waals surface area (Å²) < 4.78 is 10.7. The van der Waals surface area contributed by atoms with E-state index >= 15 is 0 Å². The van der Waals surface area contributed by atoms with Gasteiger partial charge < -0.3 is 19.9 Å². The molecule has 23 heavy (non-hydrogen) atoms. The van der Waals surface area contributed by atoms with E-state index in [0.29, 0.717) is 12.3 Å². The Balaban J connectivity index is 2.00. The van der Waals surface area contributed by atoms with Crippen LogP contribution in [-0.2, 0) is 11.3 Å². The Morgan fingerprint density at radius 3 is 2.83 bits per heavy atom. The van der Waals surface area contributed by atoms with Crippen LogP contribution in [0, 0.1) is 13.8 Å². The Labute approximate surface area is 135 Å². The number of fused-ring (bicyclic) bond motifs is 1. The summed E-state index contributed by atoms with van der Waals surface area (Å²) >= 11 is 0. The summed E-state index contributed by atoms with van der Waals surface area (Å²) in [5, 5.41) is 3.96. The predicted octanol–water partition coefficient (Wildman–Crippen LogP) is 2.63. The number of nitrogens with two attached hydrogens (primary N) is 1. The standard InChI is InChI=1S/C17H21N3O3/c1-4-14(18)12-5-6-16-15(7-12)20(17(21)9-22-16)8-13-10(2)19-23-11(13)3/h5-7,14H,4,8-9,18H2,1-3H3. The molecule has 6 heteroatoms. The first-order valence-corrected chi connectivity index (χ1v) is 7.75. The molecule has 122 valence electrons. The second-order valence-corrected chi connectivity index (χ2v) is 5.81. The molecule has 6 nitrogen and oxygen atoms in total. The molecule has 2 heterocycles. The number of carbonyl (C=O) groups excluding carboxylic acids is 1. The van der Waals surface area contributed by atoms with Crippen molar-refractivity contribution < 1.29 is 14.1 Å². The van der Waals surface area contributed by atoms with Gasteiger partial charge in [-0.25, -0.2) is 0 Å². The summed E-state index contributed by atoms with van der Waals surface area (Å²) in [5.41, 5.74) is 9.59. The number of aryl methyl sites for hydroxylation is 2. The highest BCUT2D eigenvalue weighted by atomic mass is 16.5. The summed E-state index contributed by atoms with van der Waals surface area (Å²) in [6.07, 6.45) is 0.831. The summed E-state index contributed by atoms with van der Waals surface area (Å²) in [6.45, 7) is 6.22. The van der Waals surface area contributed by atoms with E-state index in [9.17, 15) is 4.79 Å². The zero-order valence-corrected chi connectivity index (χ0v) is 13.6. The number of anilines is 1. The fourth-order valence-corrected chi connectivity index (χ4v) is 2.74. The van der Waals surface area contributed by atoms with Crippen LogP contribution in [0.2, 0.25) is 0 Å². The highest BCUT2D eigenvalue weighted by Crippen LogP contribution is 2.36. The Morgan fingerprint density at radius 2 is 2.17 bits per heavy atom. The van der Waals surface area contributed by atoms with Gasteiger partial charge in [0.05, 0.1) is 17.9 Å². The third kappa shape index (κ3) is 2.82. The average Bonchev–Trinajstić information content (AvgIpc) is 2.87. The van der Waals surface area contributed by atoms with E-state index in [1.54, 1.807) is 4.90 Å². The Morgan fingerprint density at radius 1 is 1.39 bits per heavy atom. The molecule has 3 rings (SSSR count). The van der Waals surface area contributed by atoms with E-state index in [0.717, 1.165) is 34.7 Å². The number of ether oxygens (including phenoxy) is 1. The average molecular weight is 315 g/mol. The SMILES string of the molecule is CCC(N)c1ccc2c(c1)N(Cc1c(C)noc1C)C(=O)CO2. The van der Waals surface area contributed by atoms with Gasteiger partial charge in [-0.3, -0.25) is 4.79 Å². The molecule has 0 saturated heterocycles. The smallest absolute Gasteiger partial charge is 0.265 e. The van der Waals surface area contributed by atoms with Crippen molar-refractivity contribution >= 4 is 11.6 Å². The van der Waals surface area contributed by atoms with E-state index in [1.807, 2.05) is 39.0 Å². The van der Waals surface area contributed by atoms with Crippen molar-refractivity contribution in [1.82, 2.24) is 5.16 Å². The molecule has 0 radical (unpaired) electrons. The second kappa shape index (κ2) is 6.04. The van der Waals surface area contributed by atoms with Crippen LogP contribution in [-0.4, -0.2) is 17.7 Å².